The fraction of sp³-hybridized carbons (Fsp3) is 0.400. The quantitative estimate of drug-likeness (QED) is 0.672. The van der Waals surface area contributed by atoms with Gasteiger partial charge in [0.2, 0.25) is 0 Å². The lowest BCUT2D eigenvalue weighted by molar-refractivity contribution is 0.931. The first-order valence-electron chi connectivity index (χ1n) is 5.35. The van der Waals surface area contributed by atoms with Gasteiger partial charge >= 0.3 is 0 Å². The van der Waals surface area contributed by atoms with Gasteiger partial charge < -0.3 is 5.32 Å². The summed E-state index contributed by atoms with van der Waals surface area (Å²) in [6.07, 6.45) is 4.45. The van der Waals surface area contributed by atoms with E-state index in [1.54, 1.807) is 41.2 Å². The zero-order chi connectivity index (χ0) is 13.0. The van der Waals surface area contributed by atoms with Crippen LogP contribution in [0.3, 0.4) is 0 Å². The average Bonchev–Trinajstić information content (AvgIpc) is 2.86. The van der Waals surface area contributed by atoms with Gasteiger partial charge in [-0.05, 0) is 24.4 Å². The molecule has 1 N–H and O–H groups in total. The average molecular weight is 299 g/mol. The number of hydrogen-bond donors (Lipinski definition) is 1. The third kappa shape index (κ3) is 2.93. The molecule has 18 heavy (non-hydrogen) atoms. The predicted octanol–water partition coefficient (Wildman–Crippen LogP) is 2.81. The van der Waals surface area contributed by atoms with Crippen molar-refractivity contribution in [2.75, 3.05) is 18.6 Å². The minimum absolute atomic E-state index is 0.879. The van der Waals surface area contributed by atoms with Crippen LogP contribution in [-0.2, 0) is 6.42 Å². The van der Waals surface area contributed by atoms with Crippen LogP contribution in [0, 0.1) is 0 Å². The molecule has 0 saturated heterocycles. The van der Waals surface area contributed by atoms with Crippen molar-refractivity contribution in [3.05, 3.63) is 11.9 Å². The molecule has 2 aromatic rings. The summed E-state index contributed by atoms with van der Waals surface area (Å²) >= 11 is 4.73. The Morgan fingerprint density at radius 3 is 2.67 bits per heavy atom. The summed E-state index contributed by atoms with van der Waals surface area (Å²) in [5.74, 6) is 0.879. The van der Waals surface area contributed by atoms with Gasteiger partial charge in [-0.15, -0.1) is 10.2 Å². The summed E-state index contributed by atoms with van der Waals surface area (Å²) < 4.78 is 1.88. The van der Waals surface area contributed by atoms with E-state index in [2.05, 4.69) is 32.4 Å². The van der Waals surface area contributed by atoms with E-state index in [0.717, 1.165) is 31.5 Å². The maximum atomic E-state index is 4.33. The zero-order valence-corrected chi connectivity index (χ0v) is 12.7. The number of aromatic nitrogens is 4. The maximum Gasteiger partial charge on any atom is 0.181 e. The lowest BCUT2D eigenvalue weighted by atomic mass is 10.2. The third-order valence-electron chi connectivity index (χ3n) is 2.24. The third-order valence-corrected chi connectivity index (χ3v) is 5.24. The highest BCUT2D eigenvalue weighted by Gasteiger charge is 2.12. The SMILES string of the molecule is CCc1c(NC)ncnc1Sc1nnc(SC)s1. The topological polar surface area (TPSA) is 63.6 Å². The van der Waals surface area contributed by atoms with E-state index in [-0.39, 0.29) is 0 Å². The Bertz CT molecular complexity index is 528. The van der Waals surface area contributed by atoms with Gasteiger partial charge in [-0.25, -0.2) is 9.97 Å². The van der Waals surface area contributed by atoms with Crippen LogP contribution in [0.4, 0.5) is 5.82 Å². The Hall–Kier alpha value is -0.860. The van der Waals surface area contributed by atoms with Crippen molar-refractivity contribution in [3.8, 4) is 0 Å². The van der Waals surface area contributed by atoms with Gasteiger partial charge in [0, 0.05) is 12.6 Å². The zero-order valence-electron chi connectivity index (χ0n) is 10.3. The molecule has 0 bridgehead atoms. The van der Waals surface area contributed by atoms with E-state index in [1.807, 2.05) is 13.3 Å². The molecular formula is C10H13N5S3. The Morgan fingerprint density at radius 2 is 2.06 bits per heavy atom. The molecule has 0 unspecified atom stereocenters. The van der Waals surface area contributed by atoms with Crippen molar-refractivity contribution in [3.63, 3.8) is 0 Å². The summed E-state index contributed by atoms with van der Waals surface area (Å²) in [5.41, 5.74) is 1.12. The molecule has 0 spiro atoms. The standard InChI is InChI=1S/C10H13N5S3/c1-4-6-7(11-2)12-5-13-8(6)17-10-15-14-9(16-3)18-10/h5H,4H2,1-3H3,(H,11,12,13). The van der Waals surface area contributed by atoms with Crippen LogP contribution in [0.5, 0.6) is 0 Å². The van der Waals surface area contributed by atoms with Crippen molar-refractivity contribution in [2.24, 2.45) is 0 Å². The summed E-state index contributed by atoms with van der Waals surface area (Å²) in [5, 5.41) is 12.3. The molecule has 0 aliphatic carbocycles. The molecule has 8 heteroatoms. The van der Waals surface area contributed by atoms with E-state index >= 15 is 0 Å². The van der Waals surface area contributed by atoms with Crippen molar-refractivity contribution < 1.29 is 0 Å². The molecule has 2 heterocycles. The first kappa shape index (κ1) is 13.6. The van der Waals surface area contributed by atoms with E-state index < -0.39 is 0 Å². The van der Waals surface area contributed by atoms with Crippen LogP contribution in [0.1, 0.15) is 12.5 Å². The van der Waals surface area contributed by atoms with Crippen LogP contribution in [0.2, 0.25) is 0 Å². The fourth-order valence-electron chi connectivity index (χ4n) is 1.42. The highest BCUT2D eigenvalue weighted by Crippen LogP contribution is 2.34. The number of rotatable bonds is 5. The number of nitrogens with one attached hydrogen (secondary N) is 1. The maximum absolute atomic E-state index is 4.33. The minimum atomic E-state index is 0.879. The molecule has 5 nitrogen and oxygen atoms in total. The first-order valence-corrected chi connectivity index (χ1v) is 8.21. The van der Waals surface area contributed by atoms with E-state index in [9.17, 15) is 0 Å². The molecule has 0 aromatic carbocycles. The predicted molar refractivity (Wildman–Crippen MR) is 76.8 cm³/mol. The molecule has 2 rings (SSSR count). The molecule has 0 aliphatic heterocycles. The molecule has 0 saturated carbocycles. The van der Waals surface area contributed by atoms with Crippen LogP contribution in [0.15, 0.2) is 20.0 Å². The van der Waals surface area contributed by atoms with Crippen LogP contribution in [0.25, 0.3) is 0 Å². The first-order chi connectivity index (χ1) is 8.78. The van der Waals surface area contributed by atoms with Gasteiger partial charge in [0.1, 0.15) is 17.2 Å². The van der Waals surface area contributed by atoms with Gasteiger partial charge in [-0.2, -0.15) is 0 Å². The van der Waals surface area contributed by atoms with Crippen molar-refractivity contribution in [1.82, 2.24) is 20.2 Å². The second-order valence-electron chi connectivity index (χ2n) is 3.25. The van der Waals surface area contributed by atoms with Crippen LogP contribution >= 0.6 is 34.9 Å². The Balaban J connectivity index is 2.28. The molecule has 0 radical (unpaired) electrons. The lowest BCUT2D eigenvalue weighted by Crippen LogP contribution is -2.01. The van der Waals surface area contributed by atoms with Gasteiger partial charge in [-0.1, -0.05) is 30.0 Å². The van der Waals surface area contributed by atoms with Crippen molar-refractivity contribution in [2.45, 2.75) is 27.0 Å². The second kappa shape index (κ2) is 6.35. The highest BCUT2D eigenvalue weighted by atomic mass is 32.2. The largest absolute Gasteiger partial charge is 0.373 e. The Kier molecular flexibility index (Phi) is 4.79. The molecule has 0 amide bonds. The normalized spacial score (nSPS) is 10.6. The summed E-state index contributed by atoms with van der Waals surface area (Å²) in [6.45, 7) is 2.09. The van der Waals surface area contributed by atoms with E-state index in [4.69, 9.17) is 0 Å². The second-order valence-corrected chi connectivity index (χ2v) is 6.52. The molecule has 0 fully saturated rings. The molecule has 96 valence electrons. The number of hydrogen-bond acceptors (Lipinski definition) is 8. The lowest BCUT2D eigenvalue weighted by Gasteiger charge is -2.08. The van der Waals surface area contributed by atoms with Gasteiger partial charge in [0.25, 0.3) is 0 Å². The number of thioether (sulfide) groups is 1. The summed E-state index contributed by atoms with van der Waals surface area (Å²) in [6, 6.07) is 0. The number of anilines is 1. The van der Waals surface area contributed by atoms with Gasteiger partial charge in [0.05, 0.1) is 0 Å². The highest BCUT2D eigenvalue weighted by molar-refractivity contribution is 8.03. The molecule has 0 atom stereocenters. The molecule has 0 aliphatic rings. The summed E-state index contributed by atoms with van der Waals surface area (Å²) in [4.78, 5) is 8.55. The summed E-state index contributed by atoms with van der Waals surface area (Å²) in [7, 11) is 1.87. The Labute approximate surface area is 118 Å². The van der Waals surface area contributed by atoms with E-state index in [1.165, 1.54) is 0 Å². The van der Waals surface area contributed by atoms with Crippen LogP contribution in [-0.4, -0.2) is 33.5 Å². The molecular weight excluding hydrogens is 286 g/mol. The minimum Gasteiger partial charge on any atom is -0.373 e. The van der Waals surface area contributed by atoms with Crippen molar-refractivity contribution >= 4 is 40.7 Å². The fourth-order valence-corrected chi connectivity index (χ4v) is 3.94. The number of nitrogens with zero attached hydrogens (tertiary/aromatic N) is 4. The van der Waals surface area contributed by atoms with E-state index in [0.29, 0.717) is 0 Å². The smallest absolute Gasteiger partial charge is 0.181 e. The van der Waals surface area contributed by atoms with Gasteiger partial charge in [-0.3, -0.25) is 0 Å². The Morgan fingerprint density at radius 1 is 1.28 bits per heavy atom. The monoisotopic (exact) mass is 299 g/mol. The van der Waals surface area contributed by atoms with Crippen LogP contribution < -0.4 is 5.32 Å². The van der Waals surface area contributed by atoms with Gasteiger partial charge in [0.15, 0.2) is 8.68 Å². The van der Waals surface area contributed by atoms with Crippen molar-refractivity contribution in [1.29, 1.82) is 0 Å². The molecule has 2 aromatic heterocycles.